The van der Waals surface area contributed by atoms with Crippen molar-refractivity contribution in [2.45, 2.75) is 52.0 Å². The molecule has 0 N–H and O–H groups in total. The first kappa shape index (κ1) is 32.2. The molecule has 1 heterocycles. The number of hydrogen-bond acceptors (Lipinski definition) is 5. The van der Waals surface area contributed by atoms with Gasteiger partial charge in [-0.1, -0.05) is 84.9 Å². The molecule has 5 rings (SSSR count). The van der Waals surface area contributed by atoms with E-state index in [1.54, 1.807) is 19.1 Å². The number of sulfonamides is 1. The molecule has 4 aromatic rings. The summed E-state index contributed by atoms with van der Waals surface area (Å²) in [5.41, 5.74) is 5.97. The first-order valence-corrected chi connectivity index (χ1v) is 17.3. The minimum absolute atomic E-state index is 0.0537. The highest BCUT2D eigenvalue weighted by Crippen LogP contribution is 2.34. The zero-order valence-electron chi connectivity index (χ0n) is 25.8. The van der Waals surface area contributed by atoms with Gasteiger partial charge >= 0.3 is 5.97 Å². The molecule has 0 radical (unpaired) electrons. The highest BCUT2D eigenvalue weighted by molar-refractivity contribution is 7.92. The largest absolute Gasteiger partial charge is 0.466 e. The number of halogens is 1. The second-order valence-electron chi connectivity index (χ2n) is 11.4. The second-order valence-corrected chi connectivity index (χ2v) is 13.4. The average molecular weight is 629 g/mol. The van der Waals surface area contributed by atoms with Crippen LogP contribution in [0, 0.1) is 5.82 Å². The van der Waals surface area contributed by atoms with Crippen LogP contribution in [0.2, 0.25) is 0 Å². The lowest BCUT2D eigenvalue weighted by molar-refractivity contribution is -0.143. The zero-order valence-corrected chi connectivity index (χ0v) is 26.6. The Bertz CT molecular complexity index is 1680. The molecular weight excluding hydrogens is 587 g/mol. The van der Waals surface area contributed by atoms with Gasteiger partial charge in [-0.15, -0.1) is 0 Å². The van der Waals surface area contributed by atoms with Crippen LogP contribution in [0.1, 0.15) is 47.6 Å². The van der Waals surface area contributed by atoms with Gasteiger partial charge in [-0.3, -0.25) is 9.10 Å². The predicted octanol–water partition coefficient (Wildman–Crippen LogP) is 6.90. The lowest BCUT2D eigenvalue weighted by Crippen LogP contribution is -2.36. The maximum atomic E-state index is 15.4. The van der Waals surface area contributed by atoms with Gasteiger partial charge < -0.3 is 9.64 Å². The van der Waals surface area contributed by atoms with Crippen molar-refractivity contribution in [3.05, 3.63) is 131 Å². The van der Waals surface area contributed by atoms with E-state index in [0.717, 1.165) is 49.2 Å². The lowest BCUT2D eigenvalue weighted by Gasteiger charge is -2.35. The van der Waals surface area contributed by atoms with Crippen LogP contribution in [0.3, 0.4) is 0 Å². The van der Waals surface area contributed by atoms with Crippen LogP contribution in [-0.4, -0.2) is 39.8 Å². The number of fused-ring (bicyclic) bond motifs is 1. The first-order chi connectivity index (χ1) is 21.8. The van der Waals surface area contributed by atoms with E-state index in [1.165, 1.54) is 21.5 Å². The maximum absolute atomic E-state index is 15.4. The maximum Gasteiger partial charge on any atom is 0.306 e. The molecule has 0 fully saturated rings. The summed E-state index contributed by atoms with van der Waals surface area (Å²) in [6.45, 7) is 3.79. The molecule has 0 aromatic heterocycles. The molecule has 0 amide bonds. The number of anilines is 2. The number of carbonyl (C=O) groups is 1. The molecule has 0 aliphatic carbocycles. The molecule has 1 aliphatic heterocycles. The van der Waals surface area contributed by atoms with Crippen LogP contribution in [0.5, 0.6) is 0 Å². The molecule has 236 valence electrons. The Morgan fingerprint density at radius 3 is 2.27 bits per heavy atom. The van der Waals surface area contributed by atoms with Crippen molar-refractivity contribution in [3.63, 3.8) is 0 Å². The van der Waals surface area contributed by atoms with Gasteiger partial charge in [0.25, 0.3) is 0 Å². The van der Waals surface area contributed by atoms with Crippen molar-refractivity contribution >= 4 is 27.4 Å². The Kier molecular flexibility index (Phi) is 10.9. The summed E-state index contributed by atoms with van der Waals surface area (Å²) in [7, 11) is -3.86. The molecule has 0 spiro atoms. The number of rotatable bonds is 14. The molecule has 6 nitrogen and oxygen atoms in total. The second kappa shape index (κ2) is 15.2. The third kappa shape index (κ3) is 8.51. The molecule has 45 heavy (non-hydrogen) atoms. The van der Waals surface area contributed by atoms with E-state index in [1.807, 2.05) is 60.7 Å². The van der Waals surface area contributed by atoms with E-state index in [0.29, 0.717) is 12.0 Å². The summed E-state index contributed by atoms with van der Waals surface area (Å²) >= 11 is 0. The van der Waals surface area contributed by atoms with Crippen LogP contribution in [0.25, 0.3) is 0 Å². The number of hydrogen-bond donors (Lipinski definition) is 0. The number of nitrogens with zero attached hydrogens (tertiary/aromatic N) is 2. The highest BCUT2D eigenvalue weighted by atomic mass is 32.2. The molecule has 0 unspecified atom stereocenters. The minimum atomic E-state index is -3.86. The summed E-state index contributed by atoms with van der Waals surface area (Å²) in [5.74, 6) is -1.05. The van der Waals surface area contributed by atoms with Crippen LogP contribution in [-0.2, 0) is 51.8 Å². The Labute approximate surface area is 266 Å². The zero-order chi connectivity index (χ0) is 31.6. The third-order valence-electron chi connectivity index (χ3n) is 8.28. The van der Waals surface area contributed by atoms with Crippen molar-refractivity contribution in [1.29, 1.82) is 0 Å². The van der Waals surface area contributed by atoms with Gasteiger partial charge in [0.1, 0.15) is 5.82 Å². The van der Waals surface area contributed by atoms with Gasteiger partial charge in [-0.25, -0.2) is 12.8 Å². The molecule has 4 aromatic carbocycles. The number of para-hydroxylation sites is 1. The summed E-state index contributed by atoms with van der Waals surface area (Å²) in [6.07, 6.45) is 3.41. The molecule has 8 heteroatoms. The van der Waals surface area contributed by atoms with Crippen molar-refractivity contribution in [3.8, 4) is 0 Å². The quantitative estimate of drug-likeness (QED) is 0.142. The van der Waals surface area contributed by atoms with Crippen molar-refractivity contribution in [1.82, 2.24) is 0 Å². The highest BCUT2D eigenvalue weighted by Gasteiger charge is 2.27. The van der Waals surface area contributed by atoms with Crippen molar-refractivity contribution < 1.29 is 22.3 Å². The molecule has 0 saturated carbocycles. The van der Waals surface area contributed by atoms with Crippen molar-refractivity contribution in [2.75, 3.05) is 34.7 Å². The number of ether oxygens (including phenoxy) is 1. The van der Waals surface area contributed by atoms with E-state index < -0.39 is 21.8 Å². The van der Waals surface area contributed by atoms with Crippen LogP contribution >= 0.6 is 0 Å². The van der Waals surface area contributed by atoms with Crippen LogP contribution in [0.15, 0.2) is 97.1 Å². The minimum Gasteiger partial charge on any atom is -0.466 e. The normalized spacial score (nSPS) is 12.9. The van der Waals surface area contributed by atoms with E-state index >= 15 is 4.39 Å². The van der Waals surface area contributed by atoms with E-state index in [9.17, 15) is 13.2 Å². The molecular formula is C37H41FN2O4S. The summed E-state index contributed by atoms with van der Waals surface area (Å²) in [4.78, 5) is 14.2. The Hall–Kier alpha value is -4.17. The van der Waals surface area contributed by atoms with Gasteiger partial charge in [-0.05, 0) is 79.0 Å². The van der Waals surface area contributed by atoms with E-state index in [4.69, 9.17) is 4.74 Å². The predicted molar refractivity (Wildman–Crippen MR) is 179 cm³/mol. The van der Waals surface area contributed by atoms with Crippen LogP contribution < -0.4 is 9.21 Å². The summed E-state index contributed by atoms with van der Waals surface area (Å²) < 4.78 is 49.9. The average Bonchev–Trinajstić information content (AvgIpc) is 3.06. The summed E-state index contributed by atoms with van der Waals surface area (Å²) in [5, 5.41) is 0. The lowest BCUT2D eigenvalue weighted by atomic mass is 9.97. The van der Waals surface area contributed by atoms with Gasteiger partial charge in [0.05, 0.1) is 24.6 Å². The van der Waals surface area contributed by atoms with Gasteiger partial charge in [0.15, 0.2) is 0 Å². The Balaban J connectivity index is 1.45. The van der Waals surface area contributed by atoms with E-state index in [2.05, 4.69) is 23.1 Å². The smallest absolute Gasteiger partial charge is 0.306 e. The standard InChI is InChI=1S/C37H41FN2O4S/c1-2-44-36(41)21-19-31-18-20-34(27-35(31)38)40(45(42,43)26-23-30-13-7-4-8-14-30)28-33-16-9-15-32-17-10-24-39(37(32)33)25-22-29-11-5-3-6-12-29/h3-9,11-16,18,20,27H,2,10,17,19,21-26,28H2,1H3. The molecule has 1 aliphatic rings. The number of esters is 1. The summed E-state index contributed by atoms with van der Waals surface area (Å²) in [6, 6.07) is 30.5. The number of aryl methyl sites for hydroxylation is 3. The van der Waals surface area contributed by atoms with Gasteiger partial charge in [-0.2, -0.15) is 0 Å². The van der Waals surface area contributed by atoms with Gasteiger partial charge in [0.2, 0.25) is 10.0 Å². The topological polar surface area (TPSA) is 66.9 Å². The molecule has 0 atom stereocenters. The molecule has 0 bridgehead atoms. The first-order valence-electron chi connectivity index (χ1n) is 15.7. The van der Waals surface area contributed by atoms with Gasteiger partial charge in [0, 0.05) is 25.2 Å². The molecule has 0 saturated heterocycles. The van der Waals surface area contributed by atoms with Crippen molar-refractivity contribution in [2.24, 2.45) is 0 Å². The van der Waals surface area contributed by atoms with Crippen LogP contribution in [0.4, 0.5) is 15.8 Å². The third-order valence-corrected chi connectivity index (χ3v) is 10.0. The Morgan fingerprint density at radius 1 is 0.867 bits per heavy atom. The number of carbonyl (C=O) groups excluding carboxylic acids is 1. The SMILES string of the molecule is CCOC(=O)CCc1ccc(N(Cc2cccc3c2N(CCc2ccccc2)CCC3)S(=O)(=O)CCc2ccccc2)cc1F. The monoisotopic (exact) mass is 628 g/mol. The Morgan fingerprint density at radius 2 is 1.58 bits per heavy atom. The number of benzene rings is 4. The fraction of sp³-hybridized carbons (Fsp3) is 0.324. The fourth-order valence-corrected chi connectivity index (χ4v) is 7.44. The fourth-order valence-electron chi connectivity index (χ4n) is 5.96. The van der Waals surface area contributed by atoms with E-state index in [-0.39, 0.29) is 37.4 Å².